The third kappa shape index (κ3) is 2.80. The summed E-state index contributed by atoms with van der Waals surface area (Å²) < 4.78 is 9.87. The minimum atomic E-state index is -2.66. The number of rotatable bonds is 2. The maximum atomic E-state index is 9.87. The molecule has 7 heavy (non-hydrogen) atoms. The Morgan fingerprint density at radius 2 is 2.29 bits per heavy atom. The van der Waals surface area contributed by atoms with Crippen LogP contribution in [0.25, 0.3) is 0 Å². The molecule has 2 N–H and O–H groups in total. The summed E-state index contributed by atoms with van der Waals surface area (Å²) in [6.07, 6.45) is 0.355. The van der Waals surface area contributed by atoms with Gasteiger partial charge in [-0.25, -0.2) is 0 Å². The maximum Gasteiger partial charge on any atom is 0.216 e. The van der Waals surface area contributed by atoms with Crippen LogP contribution in [-0.4, -0.2) is 15.8 Å². The van der Waals surface area contributed by atoms with E-state index in [9.17, 15) is 4.57 Å². The van der Waals surface area contributed by atoms with Crippen molar-refractivity contribution in [1.29, 1.82) is 0 Å². The fraction of sp³-hybridized carbons (Fsp3) is 1.00. The summed E-state index contributed by atoms with van der Waals surface area (Å²) in [7, 11) is -2.66. The van der Waals surface area contributed by atoms with Crippen LogP contribution in [0.1, 0.15) is 13.3 Å². The molecule has 2 atom stereocenters. The van der Waals surface area contributed by atoms with Crippen molar-refractivity contribution < 1.29 is 14.6 Å². The molecule has 0 heterocycles. The molecule has 0 fully saturated rings. The molecule has 0 aliphatic heterocycles. The number of aliphatic hydroxyl groups is 1. The van der Waals surface area contributed by atoms with Crippen LogP contribution in [0.15, 0.2) is 0 Å². The standard InChI is InChI=1S/C3H9O3P/c1-2-3(4)7(5)6/h3-4,7H,2H2,1H3,(H,5,6). The number of hydrogen-bond donors (Lipinski definition) is 2. The van der Waals surface area contributed by atoms with E-state index >= 15 is 0 Å². The summed E-state index contributed by atoms with van der Waals surface area (Å²) in [6, 6.07) is 0. The lowest BCUT2D eigenvalue weighted by Crippen LogP contribution is -1.95. The van der Waals surface area contributed by atoms with Gasteiger partial charge in [-0.3, -0.25) is 4.57 Å². The van der Waals surface area contributed by atoms with E-state index in [4.69, 9.17) is 10.00 Å². The van der Waals surface area contributed by atoms with Crippen molar-refractivity contribution in [1.82, 2.24) is 0 Å². The van der Waals surface area contributed by atoms with Crippen LogP contribution in [0.3, 0.4) is 0 Å². The van der Waals surface area contributed by atoms with E-state index in [0.29, 0.717) is 6.42 Å². The van der Waals surface area contributed by atoms with Gasteiger partial charge < -0.3 is 10.00 Å². The zero-order valence-electron chi connectivity index (χ0n) is 4.09. The molecule has 0 bridgehead atoms. The third-order valence-electron chi connectivity index (χ3n) is 0.672. The predicted octanol–water partition coefficient (Wildman–Crippen LogP) is 0.182. The largest absolute Gasteiger partial charge is 0.383 e. The van der Waals surface area contributed by atoms with Gasteiger partial charge in [0.2, 0.25) is 8.03 Å². The van der Waals surface area contributed by atoms with Crippen molar-refractivity contribution in [2.45, 2.75) is 19.2 Å². The summed E-state index contributed by atoms with van der Waals surface area (Å²) in [5.41, 5.74) is 0. The molecule has 0 saturated carbocycles. The van der Waals surface area contributed by atoms with Crippen LogP contribution in [0.4, 0.5) is 0 Å². The van der Waals surface area contributed by atoms with E-state index < -0.39 is 13.9 Å². The number of aliphatic hydroxyl groups excluding tert-OH is 1. The average Bonchev–Trinajstić information content (AvgIpc) is 1.65. The fourth-order valence-electron chi connectivity index (χ4n) is 0.175. The summed E-state index contributed by atoms with van der Waals surface area (Å²) in [6.45, 7) is 1.66. The first kappa shape index (κ1) is 7.15. The maximum absolute atomic E-state index is 9.87. The van der Waals surface area contributed by atoms with Crippen LogP contribution in [0, 0.1) is 0 Å². The van der Waals surface area contributed by atoms with Gasteiger partial charge in [-0.15, -0.1) is 0 Å². The van der Waals surface area contributed by atoms with Crippen molar-refractivity contribution in [3.63, 3.8) is 0 Å². The summed E-state index contributed by atoms with van der Waals surface area (Å²) in [5, 5.41) is 8.42. The van der Waals surface area contributed by atoms with E-state index in [2.05, 4.69) is 0 Å². The Kier molecular flexibility index (Phi) is 3.26. The first-order valence-corrected chi connectivity index (χ1v) is 3.52. The van der Waals surface area contributed by atoms with Crippen molar-refractivity contribution in [2.24, 2.45) is 0 Å². The first-order valence-electron chi connectivity index (χ1n) is 2.09. The van der Waals surface area contributed by atoms with E-state index in [0.717, 1.165) is 0 Å². The lowest BCUT2D eigenvalue weighted by Gasteiger charge is -1.98. The predicted molar refractivity (Wildman–Crippen MR) is 27.5 cm³/mol. The second kappa shape index (κ2) is 3.19. The molecule has 0 aromatic rings. The van der Waals surface area contributed by atoms with Gasteiger partial charge in [0.15, 0.2) is 0 Å². The molecule has 3 nitrogen and oxygen atoms in total. The second-order valence-corrected chi connectivity index (χ2v) is 2.61. The fourth-order valence-corrected chi connectivity index (χ4v) is 0.524. The minimum absolute atomic E-state index is 0.355. The molecule has 4 heteroatoms. The molecule has 0 rings (SSSR count). The first-order chi connectivity index (χ1) is 3.18. The Morgan fingerprint density at radius 3 is 2.29 bits per heavy atom. The summed E-state index contributed by atoms with van der Waals surface area (Å²) in [5.74, 6) is -0.995. The lowest BCUT2D eigenvalue weighted by atomic mass is 10.5. The normalized spacial score (nSPS) is 18.7. The highest BCUT2D eigenvalue weighted by Gasteiger charge is 2.03. The van der Waals surface area contributed by atoms with Gasteiger partial charge in [-0.2, -0.15) is 0 Å². The van der Waals surface area contributed by atoms with Crippen LogP contribution in [0.5, 0.6) is 0 Å². The Bertz CT molecular complexity index is 72.6. The van der Waals surface area contributed by atoms with E-state index in [1.165, 1.54) is 0 Å². The molecule has 2 unspecified atom stereocenters. The zero-order chi connectivity index (χ0) is 5.86. The van der Waals surface area contributed by atoms with E-state index in [-0.39, 0.29) is 0 Å². The van der Waals surface area contributed by atoms with Crippen molar-refractivity contribution in [2.75, 3.05) is 0 Å². The highest BCUT2D eigenvalue weighted by Crippen LogP contribution is 2.21. The second-order valence-electron chi connectivity index (χ2n) is 1.26. The van der Waals surface area contributed by atoms with Gasteiger partial charge in [0.25, 0.3) is 0 Å². The van der Waals surface area contributed by atoms with Crippen molar-refractivity contribution in [3.8, 4) is 0 Å². The number of hydrogen-bond acceptors (Lipinski definition) is 2. The summed E-state index contributed by atoms with van der Waals surface area (Å²) in [4.78, 5) is 8.12. The lowest BCUT2D eigenvalue weighted by molar-refractivity contribution is 0.234. The highest BCUT2D eigenvalue weighted by molar-refractivity contribution is 7.38. The monoisotopic (exact) mass is 124 g/mol. The molecule has 0 aliphatic carbocycles. The van der Waals surface area contributed by atoms with Gasteiger partial charge in [0.1, 0.15) is 5.85 Å². The molecular weight excluding hydrogens is 115 g/mol. The minimum Gasteiger partial charge on any atom is -0.383 e. The molecule has 0 aromatic carbocycles. The van der Waals surface area contributed by atoms with Gasteiger partial charge >= 0.3 is 0 Å². The van der Waals surface area contributed by atoms with Crippen LogP contribution in [0.2, 0.25) is 0 Å². The Hall–Kier alpha value is 0.150. The Balaban J connectivity index is 3.34. The van der Waals surface area contributed by atoms with Gasteiger partial charge in [-0.05, 0) is 6.42 Å². The van der Waals surface area contributed by atoms with Crippen LogP contribution < -0.4 is 0 Å². The van der Waals surface area contributed by atoms with Crippen molar-refractivity contribution in [3.05, 3.63) is 0 Å². The smallest absolute Gasteiger partial charge is 0.216 e. The van der Waals surface area contributed by atoms with Gasteiger partial charge in [0.05, 0.1) is 0 Å². The molecule has 0 saturated heterocycles. The highest BCUT2D eigenvalue weighted by atomic mass is 31.1. The molecule has 0 aliphatic rings. The average molecular weight is 124 g/mol. The van der Waals surface area contributed by atoms with Gasteiger partial charge in [0, 0.05) is 0 Å². The van der Waals surface area contributed by atoms with E-state index in [1.54, 1.807) is 6.92 Å². The quantitative estimate of drug-likeness (QED) is 0.516. The Labute approximate surface area is 42.8 Å². The molecule has 0 aromatic heterocycles. The van der Waals surface area contributed by atoms with Crippen LogP contribution >= 0.6 is 8.03 Å². The van der Waals surface area contributed by atoms with E-state index in [1.807, 2.05) is 0 Å². The topological polar surface area (TPSA) is 57.5 Å². The Morgan fingerprint density at radius 1 is 1.86 bits per heavy atom. The molecular formula is C3H9O3P. The summed E-state index contributed by atoms with van der Waals surface area (Å²) >= 11 is 0. The molecule has 0 spiro atoms. The SMILES string of the molecule is CCC(O)[PH](=O)O. The van der Waals surface area contributed by atoms with Crippen molar-refractivity contribution >= 4 is 8.03 Å². The molecule has 0 radical (unpaired) electrons. The van der Waals surface area contributed by atoms with Gasteiger partial charge in [-0.1, -0.05) is 6.92 Å². The molecule has 44 valence electrons. The molecule has 0 amide bonds. The zero-order valence-corrected chi connectivity index (χ0v) is 5.09. The third-order valence-corrected chi connectivity index (χ3v) is 1.65. The van der Waals surface area contributed by atoms with Crippen LogP contribution in [-0.2, 0) is 4.57 Å².